The minimum Gasteiger partial charge on any atom is -0.369 e. The van der Waals surface area contributed by atoms with Gasteiger partial charge >= 0.3 is 0 Å². The molecule has 3 aromatic heterocycles. The van der Waals surface area contributed by atoms with Gasteiger partial charge in [0.1, 0.15) is 0 Å². The molecule has 0 fully saturated rings. The van der Waals surface area contributed by atoms with Crippen LogP contribution in [0.15, 0.2) is 23.4 Å². The first-order valence-corrected chi connectivity index (χ1v) is 5.96. The van der Waals surface area contributed by atoms with Crippen LogP contribution in [0.5, 0.6) is 0 Å². The first-order chi connectivity index (χ1) is 9.95. The van der Waals surface area contributed by atoms with Gasteiger partial charge in [0.2, 0.25) is 5.95 Å². The zero-order chi connectivity index (χ0) is 15.1. The van der Waals surface area contributed by atoms with Gasteiger partial charge in [-0.3, -0.25) is 19.9 Å². The Hall–Kier alpha value is -3.17. The van der Waals surface area contributed by atoms with Gasteiger partial charge in [0.15, 0.2) is 11.2 Å². The number of aromatic nitrogens is 5. The number of fused-ring (bicyclic) bond motifs is 1. The second-order valence-corrected chi connectivity index (χ2v) is 4.55. The van der Waals surface area contributed by atoms with Crippen LogP contribution in [0, 0.1) is 10.1 Å². The van der Waals surface area contributed by atoms with E-state index in [4.69, 9.17) is 5.73 Å². The van der Waals surface area contributed by atoms with Crippen molar-refractivity contribution in [2.75, 3.05) is 5.73 Å². The maximum absolute atomic E-state index is 11.7. The smallest absolute Gasteiger partial charge is 0.287 e. The van der Waals surface area contributed by atoms with Gasteiger partial charge < -0.3 is 14.9 Å². The van der Waals surface area contributed by atoms with Crippen LogP contribution in [0.1, 0.15) is 5.69 Å². The van der Waals surface area contributed by atoms with E-state index in [2.05, 4.69) is 15.0 Å². The Morgan fingerprint density at radius 1 is 1.52 bits per heavy atom. The summed E-state index contributed by atoms with van der Waals surface area (Å²) in [5, 5.41) is 10.8. The zero-order valence-corrected chi connectivity index (χ0v) is 11.0. The average molecular weight is 289 g/mol. The van der Waals surface area contributed by atoms with E-state index >= 15 is 0 Å². The second kappa shape index (κ2) is 4.44. The van der Waals surface area contributed by atoms with Crippen molar-refractivity contribution in [2.24, 2.45) is 7.05 Å². The first kappa shape index (κ1) is 12.8. The predicted molar refractivity (Wildman–Crippen MR) is 73.7 cm³/mol. The lowest BCUT2D eigenvalue weighted by atomic mass is 10.4. The number of anilines is 1. The molecule has 0 aliphatic carbocycles. The number of imidazole rings is 1. The molecule has 0 aromatic carbocycles. The van der Waals surface area contributed by atoms with E-state index < -0.39 is 10.5 Å². The van der Waals surface area contributed by atoms with Crippen LogP contribution in [0.3, 0.4) is 0 Å². The number of aryl methyl sites for hydroxylation is 1. The molecule has 10 nitrogen and oxygen atoms in total. The molecule has 0 spiro atoms. The SMILES string of the molecule is Cn1cc([N+](=O)[O-])cc1Cn1cnc2c(=O)[nH]c(N)nc21. The molecule has 0 saturated carbocycles. The lowest BCUT2D eigenvalue weighted by molar-refractivity contribution is -0.384. The molecular weight excluding hydrogens is 278 g/mol. The van der Waals surface area contributed by atoms with Crippen LogP contribution in [-0.4, -0.2) is 29.0 Å². The van der Waals surface area contributed by atoms with Gasteiger partial charge in [0.05, 0.1) is 24.0 Å². The summed E-state index contributed by atoms with van der Waals surface area (Å²) in [5.41, 5.74) is 6.29. The fraction of sp³-hybridized carbons (Fsp3) is 0.182. The number of hydrogen-bond acceptors (Lipinski definition) is 6. The van der Waals surface area contributed by atoms with Crippen LogP contribution in [0.4, 0.5) is 11.6 Å². The minimum atomic E-state index is -0.462. The van der Waals surface area contributed by atoms with Crippen molar-refractivity contribution in [3.05, 3.63) is 44.8 Å². The monoisotopic (exact) mass is 289 g/mol. The molecule has 0 atom stereocenters. The summed E-state index contributed by atoms with van der Waals surface area (Å²) in [7, 11) is 1.70. The third-order valence-corrected chi connectivity index (χ3v) is 3.13. The molecule has 0 bridgehead atoms. The van der Waals surface area contributed by atoms with Gasteiger partial charge in [0, 0.05) is 18.8 Å². The Morgan fingerprint density at radius 2 is 2.29 bits per heavy atom. The van der Waals surface area contributed by atoms with Gasteiger partial charge in [-0.1, -0.05) is 0 Å². The standard InChI is InChI=1S/C11H11N7O3/c1-16-3-7(18(20)21)2-6(16)4-17-5-13-8-9(17)14-11(12)15-10(8)19/h2-3,5H,4H2,1H3,(H3,12,14,15,19). The number of nitrogens with two attached hydrogens (primary N) is 1. The summed E-state index contributed by atoms with van der Waals surface area (Å²) in [4.78, 5) is 32.4. The van der Waals surface area contributed by atoms with E-state index in [-0.39, 0.29) is 23.7 Å². The van der Waals surface area contributed by atoms with Crippen LogP contribution >= 0.6 is 0 Å². The number of aromatic amines is 1. The molecule has 3 N–H and O–H groups in total. The minimum absolute atomic E-state index is 0.00208. The topological polar surface area (TPSA) is 138 Å². The molecule has 0 amide bonds. The molecule has 0 aliphatic heterocycles. The molecule has 3 aromatic rings. The van der Waals surface area contributed by atoms with E-state index in [0.29, 0.717) is 11.3 Å². The maximum atomic E-state index is 11.7. The first-order valence-electron chi connectivity index (χ1n) is 5.96. The zero-order valence-electron chi connectivity index (χ0n) is 11.0. The van der Waals surface area contributed by atoms with Gasteiger partial charge in [0.25, 0.3) is 11.2 Å². The Labute approximate surface area is 117 Å². The Bertz CT molecular complexity index is 904. The number of nitrogens with one attached hydrogen (secondary N) is 1. The third-order valence-electron chi connectivity index (χ3n) is 3.13. The number of rotatable bonds is 3. The maximum Gasteiger partial charge on any atom is 0.287 e. The van der Waals surface area contributed by atoms with E-state index in [1.807, 2.05) is 0 Å². The Kier molecular flexibility index (Phi) is 2.71. The van der Waals surface area contributed by atoms with Gasteiger partial charge in [-0.2, -0.15) is 4.98 Å². The third kappa shape index (κ3) is 2.12. The lowest BCUT2D eigenvalue weighted by Gasteiger charge is -2.04. The predicted octanol–water partition coefficient (Wildman–Crippen LogP) is -0.00320. The molecule has 0 saturated heterocycles. The van der Waals surface area contributed by atoms with Crippen molar-refractivity contribution in [3.63, 3.8) is 0 Å². The molecule has 3 rings (SSSR count). The van der Waals surface area contributed by atoms with Crippen LogP contribution in [0.25, 0.3) is 11.2 Å². The molecule has 21 heavy (non-hydrogen) atoms. The molecule has 10 heteroatoms. The lowest BCUT2D eigenvalue weighted by Crippen LogP contribution is -2.12. The average Bonchev–Trinajstić information content (AvgIpc) is 2.96. The normalized spacial score (nSPS) is 11.1. The molecule has 0 unspecified atom stereocenters. The van der Waals surface area contributed by atoms with E-state index in [9.17, 15) is 14.9 Å². The summed E-state index contributed by atoms with van der Waals surface area (Å²) in [6.45, 7) is 0.288. The van der Waals surface area contributed by atoms with Crippen molar-refractivity contribution < 1.29 is 4.92 Å². The molecule has 0 aliphatic rings. The highest BCUT2D eigenvalue weighted by atomic mass is 16.6. The summed E-state index contributed by atoms with van der Waals surface area (Å²) in [6.07, 6.45) is 2.87. The van der Waals surface area contributed by atoms with E-state index in [1.54, 1.807) is 16.2 Å². The fourth-order valence-electron chi connectivity index (χ4n) is 2.11. The largest absolute Gasteiger partial charge is 0.369 e. The number of H-pyrrole nitrogens is 1. The van der Waals surface area contributed by atoms with Gasteiger partial charge in [-0.15, -0.1) is 0 Å². The van der Waals surface area contributed by atoms with E-state index in [1.165, 1.54) is 18.6 Å². The number of hydrogen-bond donors (Lipinski definition) is 2. The van der Waals surface area contributed by atoms with Crippen molar-refractivity contribution in [1.29, 1.82) is 0 Å². The van der Waals surface area contributed by atoms with Gasteiger partial charge in [-0.25, -0.2) is 4.98 Å². The van der Waals surface area contributed by atoms with Crippen molar-refractivity contribution >= 4 is 22.8 Å². The van der Waals surface area contributed by atoms with Crippen molar-refractivity contribution in [2.45, 2.75) is 6.54 Å². The number of nitro groups is 1. The second-order valence-electron chi connectivity index (χ2n) is 4.55. The summed E-state index contributed by atoms with van der Waals surface area (Å²) in [5.74, 6) is -0.00730. The van der Waals surface area contributed by atoms with E-state index in [0.717, 1.165) is 0 Å². The summed E-state index contributed by atoms with van der Waals surface area (Å²) >= 11 is 0. The molecular formula is C11H11N7O3. The highest BCUT2D eigenvalue weighted by Gasteiger charge is 2.14. The molecule has 0 radical (unpaired) electrons. The Balaban J connectivity index is 2.06. The van der Waals surface area contributed by atoms with Crippen LogP contribution in [-0.2, 0) is 13.6 Å². The number of nitrogen functional groups attached to an aromatic ring is 1. The highest BCUT2D eigenvalue weighted by Crippen LogP contribution is 2.17. The highest BCUT2D eigenvalue weighted by molar-refractivity contribution is 5.70. The summed E-state index contributed by atoms with van der Waals surface area (Å²) < 4.78 is 3.25. The van der Waals surface area contributed by atoms with Crippen molar-refractivity contribution in [1.82, 2.24) is 24.1 Å². The van der Waals surface area contributed by atoms with Gasteiger partial charge in [-0.05, 0) is 0 Å². The van der Waals surface area contributed by atoms with Crippen molar-refractivity contribution in [3.8, 4) is 0 Å². The van der Waals surface area contributed by atoms with Crippen LogP contribution in [0.2, 0.25) is 0 Å². The van der Waals surface area contributed by atoms with Crippen LogP contribution < -0.4 is 11.3 Å². The quantitative estimate of drug-likeness (QED) is 0.514. The molecule has 3 heterocycles. The number of nitrogens with zero attached hydrogens (tertiary/aromatic N) is 5. The Morgan fingerprint density at radius 3 is 2.95 bits per heavy atom. The molecule has 108 valence electrons. The summed E-state index contributed by atoms with van der Waals surface area (Å²) in [6, 6.07) is 1.46. The fourth-order valence-corrected chi connectivity index (χ4v) is 2.11.